The minimum absolute atomic E-state index is 0.0940. The van der Waals surface area contributed by atoms with E-state index in [-0.39, 0.29) is 16.7 Å². The van der Waals surface area contributed by atoms with E-state index >= 15 is 0 Å². The first kappa shape index (κ1) is 12.5. The summed E-state index contributed by atoms with van der Waals surface area (Å²) in [6.45, 7) is 4.06. The number of phenolic OH excluding ortho intramolecular Hbond substituents is 1. The lowest BCUT2D eigenvalue weighted by Crippen LogP contribution is -2.19. The monoisotopic (exact) mass is 270 g/mol. The Labute approximate surface area is 115 Å². The van der Waals surface area contributed by atoms with E-state index < -0.39 is 5.82 Å². The summed E-state index contributed by atoms with van der Waals surface area (Å²) in [5.41, 5.74) is 1.88. The van der Waals surface area contributed by atoms with Gasteiger partial charge in [0.1, 0.15) is 0 Å². The molecule has 4 nitrogen and oxygen atoms in total. The largest absolute Gasteiger partial charge is 0.519 e. The summed E-state index contributed by atoms with van der Waals surface area (Å²) in [6.07, 6.45) is 0. The van der Waals surface area contributed by atoms with Crippen LogP contribution in [0.25, 0.3) is 11.2 Å². The average Bonchev–Trinajstić information content (AvgIpc) is 2.82. The number of hydrogen-bond donors (Lipinski definition) is 1. The van der Waals surface area contributed by atoms with Gasteiger partial charge in [0, 0.05) is 11.0 Å². The standard InChI is InChI=1S/C16H14O4/c1-16(2,10-6-4-3-5-7-10)11-8-9-12(17)14-13(11)19-15(18)20-14/h3-9,17H,1-2H3. The van der Waals surface area contributed by atoms with Crippen molar-refractivity contribution in [2.45, 2.75) is 19.3 Å². The summed E-state index contributed by atoms with van der Waals surface area (Å²) in [5, 5.41) is 9.75. The molecule has 102 valence electrons. The smallest absolute Gasteiger partial charge is 0.504 e. The molecule has 1 N–H and O–H groups in total. The molecule has 0 saturated carbocycles. The summed E-state index contributed by atoms with van der Waals surface area (Å²) < 4.78 is 10.0. The van der Waals surface area contributed by atoms with Gasteiger partial charge in [-0.1, -0.05) is 50.2 Å². The van der Waals surface area contributed by atoms with Crippen LogP contribution in [0.5, 0.6) is 5.75 Å². The van der Waals surface area contributed by atoms with Crippen molar-refractivity contribution in [1.82, 2.24) is 0 Å². The minimum Gasteiger partial charge on any atom is -0.504 e. The maximum absolute atomic E-state index is 11.3. The lowest BCUT2D eigenvalue weighted by Gasteiger charge is -2.25. The number of aromatic hydroxyl groups is 1. The van der Waals surface area contributed by atoms with Crippen LogP contribution in [-0.2, 0) is 5.41 Å². The first-order chi connectivity index (χ1) is 9.50. The molecular formula is C16H14O4. The summed E-state index contributed by atoms with van der Waals surface area (Å²) >= 11 is 0. The van der Waals surface area contributed by atoms with Gasteiger partial charge in [-0.15, -0.1) is 0 Å². The molecule has 0 radical (unpaired) electrons. The van der Waals surface area contributed by atoms with Crippen molar-refractivity contribution in [2.75, 3.05) is 0 Å². The van der Waals surface area contributed by atoms with Crippen molar-refractivity contribution in [2.24, 2.45) is 0 Å². The van der Waals surface area contributed by atoms with E-state index in [1.165, 1.54) is 6.07 Å². The maximum atomic E-state index is 11.3. The van der Waals surface area contributed by atoms with Crippen LogP contribution < -0.4 is 5.82 Å². The second-order valence-electron chi connectivity index (χ2n) is 5.24. The third-order valence-electron chi connectivity index (χ3n) is 3.63. The zero-order valence-electron chi connectivity index (χ0n) is 11.2. The summed E-state index contributed by atoms with van der Waals surface area (Å²) in [6, 6.07) is 13.2. The van der Waals surface area contributed by atoms with E-state index in [9.17, 15) is 9.90 Å². The zero-order valence-corrected chi connectivity index (χ0v) is 11.2. The van der Waals surface area contributed by atoms with Crippen LogP contribution in [0, 0.1) is 0 Å². The Kier molecular flexibility index (Phi) is 2.67. The molecule has 3 rings (SSSR count). The van der Waals surface area contributed by atoms with E-state index in [0.717, 1.165) is 11.1 Å². The predicted octanol–water partition coefficient (Wildman–Crippen LogP) is 3.42. The van der Waals surface area contributed by atoms with Crippen molar-refractivity contribution in [1.29, 1.82) is 0 Å². The van der Waals surface area contributed by atoms with Gasteiger partial charge in [-0.2, -0.15) is 0 Å². The van der Waals surface area contributed by atoms with Crippen molar-refractivity contribution in [3.8, 4) is 5.75 Å². The molecule has 0 fully saturated rings. The molecule has 0 unspecified atom stereocenters. The number of hydrogen-bond acceptors (Lipinski definition) is 4. The van der Waals surface area contributed by atoms with Gasteiger partial charge in [0.2, 0.25) is 5.58 Å². The molecule has 4 heteroatoms. The van der Waals surface area contributed by atoms with Crippen LogP contribution in [0.3, 0.4) is 0 Å². The van der Waals surface area contributed by atoms with Crippen LogP contribution in [0.15, 0.2) is 56.1 Å². The molecule has 0 amide bonds. The predicted molar refractivity (Wildman–Crippen MR) is 75.0 cm³/mol. The normalized spacial score (nSPS) is 11.9. The van der Waals surface area contributed by atoms with E-state index in [1.54, 1.807) is 6.07 Å². The Morgan fingerprint density at radius 1 is 0.950 bits per heavy atom. The second-order valence-corrected chi connectivity index (χ2v) is 5.24. The molecule has 0 saturated heterocycles. The van der Waals surface area contributed by atoms with Gasteiger partial charge in [-0.05, 0) is 11.6 Å². The minimum atomic E-state index is -0.813. The number of rotatable bonds is 2. The maximum Gasteiger partial charge on any atom is 0.519 e. The fraction of sp³-hybridized carbons (Fsp3) is 0.188. The van der Waals surface area contributed by atoms with Crippen LogP contribution in [0.2, 0.25) is 0 Å². The van der Waals surface area contributed by atoms with E-state index in [2.05, 4.69) is 0 Å². The highest BCUT2D eigenvalue weighted by atomic mass is 16.6. The average molecular weight is 270 g/mol. The lowest BCUT2D eigenvalue weighted by molar-refractivity contribution is 0.399. The Morgan fingerprint density at radius 3 is 2.30 bits per heavy atom. The number of benzene rings is 2. The van der Waals surface area contributed by atoms with Crippen molar-refractivity contribution >= 4 is 11.2 Å². The van der Waals surface area contributed by atoms with Crippen LogP contribution in [0.1, 0.15) is 25.0 Å². The molecule has 20 heavy (non-hydrogen) atoms. The summed E-state index contributed by atoms with van der Waals surface area (Å²) in [5.74, 6) is -0.912. The first-order valence-electron chi connectivity index (χ1n) is 6.32. The lowest BCUT2D eigenvalue weighted by atomic mass is 9.78. The Balaban J connectivity index is 2.29. The highest BCUT2D eigenvalue weighted by molar-refractivity contribution is 5.81. The van der Waals surface area contributed by atoms with Crippen LogP contribution >= 0.6 is 0 Å². The van der Waals surface area contributed by atoms with Gasteiger partial charge in [0.25, 0.3) is 0 Å². The molecule has 0 aliphatic carbocycles. The van der Waals surface area contributed by atoms with Gasteiger partial charge in [-0.25, -0.2) is 4.79 Å². The fourth-order valence-corrected chi connectivity index (χ4v) is 2.44. The quantitative estimate of drug-likeness (QED) is 0.775. The Hall–Kier alpha value is -2.49. The highest BCUT2D eigenvalue weighted by Crippen LogP contribution is 2.38. The van der Waals surface area contributed by atoms with Crippen LogP contribution in [0.4, 0.5) is 0 Å². The van der Waals surface area contributed by atoms with Crippen molar-refractivity contribution in [3.05, 3.63) is 64.2 Å². The first-order valence-corrected chi connectivity index (χ1v) is 6.32. The van der Waals surface area contributed by atoms with Gasteiger partial charge in [0.15, 0.2) is 11.3 Å². The molecule has 0 spiro atoms. The SMILES string of the molecule is CC(C)(c1ccccc1)c1ccc(O)c2oc(=O)oc12. The van der Waals surface area contributed by atoms with E-state index in [0.29, 0.717) is 5.58 Å². The molecule has 1 aromatic heterocycles. The van der Waals surface area contributed by atoms with Crippen molar-refractivity contribution in [3.63, 3.8) is 0 Å². The van der Waals surface area contributed by atoms with Gasteiger partial charge in [0.05, 0.1) is 0 Å². The van der Waals surface area contributed by atoms with Crippen molar-refractivity contribution < 1.29 is 13.9 Å². The van der Waals surface area contributed by atoms with E-state index in [1.807, 2.05) is 44.2 Å². The highest BCUT2D eigenvalue weighted by Gasteiger charge is 2.28. The Morgan fingerprint density at radius 2 is 1.60 bits per heavy atom. The third-order valence-corrected chi connectivity index (χ3v) is 3.63. The second kappa shape index (κ2) is 4.27. The summed E-state index contributed by atoms with van der Waals surface area (Å²) in [7, 11) is 0. The van der Waals surface area contributed by atoms with Crippen LogP contribution in [-0.4, -0.2) is 5.11 Å². The van der Waals surface area contributed by atoms with E-state index in [4.69, 9.17) is 8.83 Å². The molecule has 0 aliphatic rings. The number of phenols is 1. The molecule has 0 aliphatic heterocycles. The van der Waals surface area contributed by atoms with Gasteiger partial charge >= 0.3 is 5.82 Å². The molecular weight excluding hydrogens is 256 g/mol. The topological polar surface area (TPSA) is 63.6 Å². The molecule has 0 bridgehead atoms. The van der Waals surface area contributed by atoms with Gasteiger partial charge in [-0.3, -0.25) is 0 Å². The molecule has 2 aromatic carbocycles. The fourth-order valence-electron chi connectivity index (χ4n) is 2.44. The molecule has 0 atom stereocenters. The summed E-state index contributed by atoms with van der Waals surface area (Å²) in [4.78, 5) is 11.3. The number of fused-ring (bicyclic) bond motifs is 1. The van der Waals surface area contributed by atoms with Gasteiger partial charge < -0.3 is 13.9 Å². The third kappa shape index (κ3) is 1.81. The zero-order chi connectivity index (χ0) is 14.3. The Bertz CT molecular complexity index is 809. The molecule has 3 aromatic rings. The molecule has 1 heterocycles.